The molecule has 1 aromatic heterocycles. The maximum atomic E-state index is 11.6. The van der Waals surface area contributed by atoms with E-state index in [1.807, 2.05) is 24.3 Å². The van der Waals surface area contributed by atoms with E-state index in [9.17, 15) is 9.59 Å². The Kier molecular flexibility index (Phi) is 4.23. The minimum absolute atomic E-state index is 0.201. The lowest BCUT2D eigenvalue weighted by Gasteiger charge is -2.07. The van der Waals surface area contributed by atoms with Crippen LogP contribution in [0, 0.1) is 0 Å². The molecule has 0 saturated heterocycles. The quantitative estimate of drug-likeness (QED) is 0.691. The fourth-order valence-electron chi connectivity index (χ4n) is 1.34. The van der Waals surface area contributed by atoms with Gasteiger partial charge < -0.3 is 16.0 Å². The number of aromatic nitrogens is 1. The third-order valence-corrected chi connectivity index (χ3v) is 3.59. The third kappa shape index (κ3) is 3.36. The molecule has 0 aliphatic rings. The van der Waals surface area contributed by atoms with E-state index in [2.05, 4.69) is 36.3 Å². The molecule has 0 saturated carbocycles. The van der Waals surface area contributed by atoms with Gasteiger partial charge in [-0.25, -0.2) is 4.79 Å². The number of rotatable bonds is 3. The Balaban J connectivity index is 2.23. The number of urea groups is 1. The summed E-state index contributed by atoms with van der Waals surface area (Å²) in [6.45, 7) is 0. The molecule has 0 atom stereocenters. The Hall–Kier alpha value is -1.80. The molecule has 4 N–H and O–H groups in total. The zero-order valence-corrected chi connectivity index (χ0v) is 12.3. The smallest absolute Gasteiger partial charge is 0.319 e. The fourth-order valence-corrected chi connectivity index (χ4v) is 2.32. The van der Waals surface area contributed by atoms with Crippen molar-refractivity contribution < 1.29 is 4.79 Å². The van der Waals surface area contributed by atoms with Crippen LogP contribution in [0.1, 0.15) is 0 Å². The molecule has 8 heteroatoms. The number of hydrogen-bond acceptors (Lipinski definition) is 4. The first-order valence-corrected chi connectivity index (χ1v) is 6.94. The first kappa shape index (κ1) is 13.6. The molecular formula is C11H11BrN4O2S. The number of carbonyl (C=O) groups excluding carboxylic acids is 1. The molecule has 1 heterocycles. The summed E-state index contributed by atoms with van der Waals surface area (Å²) in [5.41, 5.74) is 0.680. The van der Waals surface area contributed by atoms with Gasteiger partial charge in [-0.1, -0.05) is 15.9 Å². The minimum Gasteiger partial charge on any atom is -0.344 e. The van der Waals surface area contributed by atoms with Crippen molar-refractivity contribution in [2.75, 3.05) is 17.7 Å². The molecule has 0 aliphatic heterocycles. The van der Waals surface area contributed by atoms with Gasteiger partial charge >= 0.3 is 6.03 Å². The second-order valence-corrected chi connectivity index (χ2v) is 5.31. The lowest BCUT2D eigenvalue weighted by Crippen LogP contribution is -2.27. The molecule has 0 spiro atoms. The van der Waals surface area contributed by atoms with Crippen molar-refractivity contribution >= 4 is 49.9 Å². The Morgan fingerprint density at radius 1 is 1.32 bits per heavy atom. The van der Waals surface area contributed by atoms with E-state index in [1.165, 1.54) is 7.05 Å². The van der Waals surface area contributed by atoms with Gasteiger partial charge in [-0.05, 0) is 35.8 Å². The number of hydrogen-bond donors (Lipinski definition) is 4. The molecule has 0 aliphatic carbocycles. The van der Waals surface area contributed by atoms with Crippen LogP contribution in [0.4, 0.5) is 21.2 Å². The number of benzene rings is 1. The Morgan fingerprint density at radius 3 is 2.63 bits per heavy atom. The van der Waals surface area contributed by atoms with Crippen molar-refractivity contribution in [2.24, 2.45) is 0 Å². The predicted octanol–water partition coefficient (Wildman–Crippen LogP) is 2.69. The summed E-state index contributed by atoms with van der Waals surface area (Å²) in [6, 6.07) is 7.03. The number of nitrogens with one attached hydrogen (secondary N) is 4. The van der Waals surface area contributed by atoms with Gasteiger partial charge in [0.25, 0.3) is 5.56 Å². The van der Waals surface area contributed by atoms with Gasteiger partial charge in [0.05, 0.1) is 0 Å². The van der Waals surface area contributed by atoms with Gasteiger partial charge in [0.15, 0.2) is 0 Å². The Bertz CT molecular complexity index is 635. The standard InChI is InChI=1S/C11H11BrN4O2S/c1-13-11(18)15-8-9(17)16-19-10(8)14-7-4-2-6(12)3-5-7/h2-5,14H,1H3,(H,16,17)(H2,13,15,18). The van der Waals surface area contributed by atoms with Gasteiger partial charge in [0, 0.05) is 17.2 Å². The van der Waals surface area contributed by atoms with Gasteiger partial charge in [0.2, 0.25) is 0 Å². The second-order valence-electron chi connectivity index (χ2n) is 3.57. The maximum Gasteiger partial charge on any atom is 0.319 e. The maximum absolute atomic E-state index is 11.6. The predicted molar refractivity (Wildman–Crippen MR) is 80.4 cm³/mol. The Labute approximate surface area is 121 Å². The largest absolute Gasteiger partial charge is 0.344 e. The van der Waals surface area contributed by atoms with Crippen molar-refractivity contribution in [3.8, 4) is 0 Å². The van der Waals surface area contributed by atoms with Crippen molar-refractivity contribution in [1.29, 1.82) is 0 Å². The van der Waals surface area contributed by atoms with E-state index in [1.54, 1.807) is 0 Å². The third-order valence-electron chi connectivity index (χ3n) is 2.27. The number of carbonyl (C=O) groups is 1. The zero-order chi connectivity index (χ0) is 13.8. The van der Waals surface area contributed by atoms with E-state index < -0.39 is 6.03 Å². The topological polar surface area (TPSA) is 86.0 Å². The molecule has 2 aromatic rings. The molecule has 1 aromatic carbocycles. The molecule has 6 nitrogen and oxygen atoms in total. The highest BCUT2D eigenvalue weighted by atomic mass is 79.9. The van der Waals surface area contributed by atoms with E-state index in [-0.39, 0.29) is 11.2 Å². The van der Waals surface area contributed by atoms with Crippen LogP contribution >= 0.6 is 27.5 Å². The average Bonchev–Trinajstić information content (AvgIpc) is 2.74. The number of aromatic amines is 1. The van der Waals surface area contributed by atoms with E-state index in [0.717, 1.165) is 21.7 Å². The van der Waals surface area contributed by atoms with Crippen LogP contribution in [-0.4, -0.2) is 17.5 Å². The van der Waals surface area contributed by atoms with Crippen molar-refractivity contribution in [3.63, 3.8) is 0 Å². The summed E-state index contributed by atoms with van der Waals surface area (Å²) in [5.74, 6) is 0. The molecule has 2 amide bonds. The second kappa shape index (κ2) is 5.89. The molecule has 2 rings (SSSR count). The summed E-state index contributed by atoms with van der Waals surface area (Å²) in [5, 5.41) is 8.51. The fraction of sp³-hybridized carbons (Fsp3) is 0.0909. The normalized spacial score (nSPS) is 10.0. The van der Waals surface area contributed by atoms with Crippen LogP contribution in [0.25, 0.3) is 0 Å². The molecule has 0 radical (unpaired) electrons. The molecular weight excluding hydrogens is 332 g/mol. The van der Waals surface area contributed by atoms with E-state index in [4.69, 9.17) is 0 Å². The lowest BCUT2D eigenvalue weighted by atomic mass is 10.3. The highest BCUT2D eigenvalue weighted by molar-refractivity contribution is 9.10. The van der Waals surface area contributed by atoms with Gasteiger partial charge in [-0.15, -0.1) is 0 Å². The van der Waals surface area contributed by atoms with Crippen LogP contribution in [-0.2, 0) is 0 Å². The summed E-state index contributed by atoms with van der Waals surface area (Å²) >= 11 is 4.47. The van der Waals surface area contributed by atoms with Gasteiger partial charge in [0.1, 0.15) is 10.7 Å². The average molecular weight is 343 g/mol. The highest BCUT2D eigenvalue weighted by Crippen LogP contribution is 2.26. The summed E-state index contributed by atoms with van der Waals surface area (Å²) in [4.78, 5) is 22.9. The molecule has 19 heavy (non-hydrogen) atoms. The molecule has 0 bridgehead atoms. The first-order chi connectivity index (χ1) is 9.10. The van der Waals surface area contributed by atoms with E-state index >= 15 is 0 Å². The van der Waals surface area contributed by atoms with E-state index in [0.29, 0.717) is 5.00 Å². The molecule has 100 valence electrons. The van der Waals surface area contributed by atoms with Crippen molar-refractivity contribution in [2.45, 2.75) is 0 Å². The summed E-state index contributed by atoms with van der Waals surface area (Å²) in [6.07, 6.45) is 0. The SMILES string of the molecule is CNC(=O)Nc1c(Nc2ccc(Br)cc2)s[nH]c1=O. The highest BCUT2D eigenvalue weighted by Gasteiger charge is 2.13. The number of H-pyrrole nitrogens is 1. The first-order valence-electron chi connectivity index (χ1n) is 5.33. The van der Waals surface area contributed by atoms with Crippen LogP contribution < -0.4 is 21.5 Å². The molecule has 0 fully saturated rings. The lowest BCUT2D eigenvalue weighted by molar-refractivity contribution is 0.254. The minimum atomic E-state index is -0.442. The number of anilines is 3. The van der Waals surface area contributed by atoms with Crippen molar-refractivity contribution in [1.82, 2.24) is 9.69 Å². The number of halogens is 1. The van der Waals surface area contributed by atoms with Gasteiger partial charge in [-0.2, -0.15) is 0 Å². The van der Waals surface area contributed by atoms with Gasteiger partial charge in [-0.3, -0.25) is 9.17 Å². The monoisotopic (exact) mass is 342 g/mol. The zero-order valence-electron chi connectivity index (χ0n) is 9.91. The van der Waals surface area contributed by atoms with Crippen molar-refractivity contribution in [3.05, 3.63) is 39.1 Å². The van der Waals surface area contributed by atoms with Crippen LogP contribution in [0.2, 0.25) is 0 Å². The van der Waals surface area contributed by atoms with Crippen LogP contribution in [0.3, 0.4) is 0 Å². The summed E-state index contributed by atoms with van der Waals surface area (Å²) in [7, 11) is 1.48. The summed E-state index contributed by atoms with van der Waals surface area (Å²) < 4.78 is 3.53. The van der Waals surface area contributed by atoms with Crippen LogP contribution in [0.5, 0.6) is 0 Å². The Morgan fingerprint density at radius 2 is 2.00 bits per heavy atom. The van der Waals surface area contributed by atoms with Crippen LogP contribution in [0.15, 0.2) is 33.5 Å². The molecule has 0 unspecified atom stereocenters. The number of amides is 2.